The smallest absolute Gasteiger partial charge is 0.344 e. The molecule has 6 heteroatoms. The van der Waals surface area contributed by atoms with Crippen LogP contribution in [0.1, 0.15) is 141 Å². The molecule has 0 saturated heterocycles. The molecular weight excluding hydrogens is 484 g/mol. The van der Waals surface area contributed by atoms with Gasteiger partial charge >= 0.3 is 16.1 Å². The third-order valence-electron chi connectivity index (χ3n) is 8.77. The van der Waals surface area contributed by atoms with Gasteiger partial charge in [0.25, 0.3) is 0 Å². The van der Waals surface area contributed by atoms with Crippen molar-refractivity contribution in [3.8, 4) is 5.75 Å². The number of esters is 1. The molecule has 0 aliphatic heterocycles. The van der Waals surface area contributed by atoms with Crippen LogP contribution in [0.25, 0.3) is 0 Å². The standard InChI is InChI=1S/C31H38O5S/c32-31(36-26-16-18-27(19-17-26)37(33,34)35)30-28(23-12-6-2-7-13-23)20-25(22-10-4-1-5-11-22)21-29(30)24-14-8-3-9-15-24/h16,18,20-24H,1-15H2,(H,33,34,35). The fraction of sp³-hybridized carbons (Fsp3) is 0.581. The van der Waals surface area contributed by atoms with Gasteiger partial charge in [0.15, 0.2) is 5.75 Å². The van der Waals surface area contributed by atoms with Crippen LogP contribution in [0.3, 0.4) is 0 Å². The molecular formula is C31H38O5S. The van der Waals surface area contributed by atoms with E-state index in [0.717, 1.165) is 42.4 Å². The molecule has 1 N–H and O–H groups in total. The van der Waals surface area contributed by atoms with Crippen LogP contribution in [0.15, 0.2) is 29.2 Å². The number of ether oxygens (including phenoxy) is 1. The maximum atomic E-state index is 13.9. The van der Waals surface area contributed by atoms with Crippen LogP contribution in [0.2, 0.25) is 0 Å². The fourth-order valence-corrected chi connectivity index (χ4v) is 7.23. The van der Waals surface area contributed by atoms with E-state index >= 15 is 0 Å². The second kappa shape index (κ2) is 11.6. The Morgan fingerprint density at radius 3 is 1.65 bits per heavy atom. The van der Waals surface area contributed by atoms with Gasteiger partial charge in [-0.3, -0.25) is 4.55 Å². The van der Waals surface area contributed by atoms with E-state index < -0.39 is 15.0 Å². The second-order valence-corrected chi connectivity index (χ2v) is 12.6. The first-order chi connectivity index (χ1) is 17.9. The van der Waals surface area contributed by atoms with Crippen LogP contribution < -0.4 is 4.74 Å². The Morgan fingerprint density at radius 1 is 0.730 bits per heavy atom. The molecule has 0 amide bonds. The number of carbonyl (C=O) groups excluding carboxylic acids is 1. The van der Waals surface area contributed by atoms with Gasteiger partial charge in [-0.1, -0.05) is 69.9 Å². The summed E-state index contributed by atoms with van der Waals surface area (Å²) in [7, 11) is -4.39. The highest BCUT2D eigenvalue weighted by atomic mass is 32.2. The Kier molecular flexibility index (Phi) is 8.21. The van der Waals surface area contributed by atoms with Gasteiger partial charge < -0.3 is 4.74 Å². The van der Waals surface area contributed by atoms with Crippen molar-refractivity contribution in [2.75, 3.05) is 0 Å². The zero-order chi connectivity index (χ0) is 25.8. The zero-order valence-corrected chi connectivity index (χ0v) is 22.5. The van der Waals surface area contributed by atoms with Crippen LogP contribution in [-0.4, -0.2) is 18.9 Å². The molecule has 0 heterocycles. The van der Waals surface area contributed by atoms with E-state index in [4.69, 9.17) is 4.74 Å². The number of rotatable bonds is 6. The lowest BCUT2D eigenvalue weighted by atomic mass is 9.73. The molecule has 0 radical (unpaired) electrons. The van der Waals surface area contributed by atoms with Gasteiger partial charge in [-0.05, 0) is 97.2 Å². The Bertz CT molecular complexity index is 1140. The fourth-order valence-electron chi connectivity index (χ4n) is 6.81. The first-order valence-corrected chi connectivity index (χ1v) is 15.7. The molecule has 0 atom stereocenters. The zero-order valence-electron chi connectivity index (χ0n) is 21.6. The van der Waals surface area contributed by atoms with Crippen molar-refractivity contribution in [2.45, 2.75) is 119 Å². The van der Waals surface area contributed by atoms with Crippen LogP contribution in [-0.2, 0) is 10.1 Å². The number of hydrogen-bond donors (Lipinski definition) is 1. The summed E-state index contributed by atoms with van der Waals surface area (Å²) in [5, 5.41) is 0. The first-order valence-electron chi connectivity index (χ1n) is 14.2. The van der Waals surface area contributed by atoms with Gasteiger partial charge in [-0.15, -0.1) is 0 Å². The minimum absolute atomic E-state index is 0.109. The topological polar surface area (TPSA) is 80.7 Å². The number of carbonyl (C=O) groups is 1. The third kappa shape index (κ3) is 6.21. The Hall–Kier alpha value is -2.36. The van der Waals surface area contributed by atoms with Crippen molar-refractivity contribution >= 4 is 16.1 Å². The quantitative estimate of drug-likeness (QED) is 0.308. The normalized spacial score (nSPS) is 20.4. The summed E-state index contributed by atoms with van der Waals surface area (Å²) >= 11 is 0. The van der Waals surface area contributed by atoms with Crippen molar-refractivity contribution in [2.24, 2.45) is 0 Å². The molecule has 3 saturated carbocycles. The van der Waals surface area contributed by atoms with Gasteiger partial charge in [0, 0.05) is 0 Å². The average Bonchev–Trinajstić information content (AvgIpc) is 2.93. The van der Waals surface area contributed by atoms with Crippen LogP contribution >= 0.6 is 0 Å². The van der Waals surface area contributed by atoms with Gasteiger partial charge in [-0.2, -0.15) is 8.42 Å². The molecule has 198 valence electrons. The molecule has 5 rings (SSSR count). The molecule has 0 bridgehead atoms. The van der Waals surface area contributed by atoms with E-state index in [1.54, 1.807) is 0 Å². The molecule has 3 fully saturated rings. The van der Waals surface area contributed by atoms with Crippen molar-refractivity contribution in [3.05, 3.63) is 58.7 Å². The third-order valence-corrected chi connectivity index (χ3v) is 9.56. The van der Waals surface area contributed by atoms with Gasteiger partial charge in [-0.25, -0.2) is 4.79 Å². The van der Waals surface area contributed by atoms with E-state index in [1.165, 1.54) is 88.3 Å². The van der Waals surface area contributed by atoms with E-state index in [-0.39, 0.29) is 11.7 Å². The first kappa shape index (κ1) is 26.3. The Morgan fingerprint density at radius 2 is 1.22 bits per heavy atom. The minimum Gasteiger partial charge on any atom is -0.414 e. The van der Waals surface area contributed by atoms with E-state index in [2.05, 4.69) is 24.3 Å². The predicted octanol–water partition coefficient (Wildman–Crippen LogP) is 7.90. The molecule has 3 aliphatic rings. The monoisotopic (exact) mass is 522 g/mol. The molecule has 2 aromatic carbocycles. The summed E-state index contributed by atoms with van der Waals surface area (Å²) in [6.45, 7) is 0. The lowest BCUT2D eigenvalue weighted by Crippen LogP contribution is -2.21. The van der Waals surface area contributed by atoms with E-state index in [9.17, 15) is 17.8 Å². The Balaban J connectivity index is 1.56. The Labute approximate surface area is 221 Å². The average molecular weight is 523 g/mol. The van der Waals surface area contributed by atoms with Crippen molar-refractivity contribution in [3.63, 3.8) is 0 Å². The largest absolute Gasteiger partial charge is 0.414 e. The molecule has 0 aromatic heterocycles. The van der Waals surface area contributed by atoms with Gasteiger partial charge in [0.05, 0.1) is 5.56 Å². The van der Waals surface area contributed by atoms with Crippen LogP contribution in [0.4, 0.5) is 0 Å². The maximum Gasteiger partial charge on any atom is 0.344 e. The van der Waals surface area contributed by atoms with Crippen molar-refractivity contribution in [1.29, 1.82) is 0 Å². The lowest BCUT2D eigenvalue weighted by Gasteiger charge is -2.31. The molecule has 5 nitrogen and oxygen atoms in total. The molecule has 2 aromatic rings. The summed E-state index contributed by atoms with van der Waals surface area (Å²) in [4.78, 5) is 13.5. The maximum absolute atomic E-state index is 13.9. The highest BCUT2D eigenvalue weighted by Gasteiger charge is 2.31. The van der Waals surface area contributed by atoms with E-state index in [1.807, 2.05) is 0 Å². The number of hydrogen-bond acceptors (Lipinski definition) is 4. The SMILES string of the molecule is O=C(Oc1c#cc(S(=O)(=O)O)cc1)c1c(C2CCCCC2)cc(C2CCCCC2)cc1C1CCCCC1. The minimum atomic E-state index is -4.39. The lowest BCUT2D eigenvalue weighted by molar-refractivity contribution is 0.0730. The van der Waals surface area contributed by atoms with Crippen LogP contribution in [0, 0.1) is 12.1 Å². The molecule has 0 unspecified atom stereocenters. The van der Waals surface area contributed by atoms with Crippen LogP contribution in [0.5, 0.6) is 5.75 Å². The van der Waals surface area contributed by atoms with Gasteiger partial charge in [0.2, 0.25) is 0 Å². The highest BCUT2D eigenvalue weighted by Crippen LogP contribution is 2.44. The van der Waals surface area contributed by atoms with Crippen molar-refractivity contribution < 1.29 is 22.5 Å². The highest BCUT2D eigenvalue weighted by molar-refractivity contribution is 7.85. The predicted molar refractivity (Wildman–Crippen MR) is 143 cm³/mol. The van der Waals surface area contributed by atoms with Gasteiger partial charge in [0.1, 0.15) is 4.90 Å². The summed E-state index contributed by atoms with van der Waals surface area (Å²) in [5.41, 5.74) is 4.46. The summed E-state index contributed by atoms with van der Waals surface area (Å²) < 4.78 is 37.8. The second-order valence-electron chi connectivity index (χ2n) is 11.3. The summed E-state index contributed by atoms with van der Waals surface area (Å²) in [6, 6.07) is 12.2. The molecule has 0 spiro atoms. The summed E-state index contributed by atoms with van der Waals surface area (Å²) in [5.74, 6) is 1.01. The van der Waals surface area contributed by atoms with Crippen molar-refractivity contribution in [1.82, 2.24) is 0 Å². The summed E-state index contributed by atoms with van der Waals surface area (Å²) in [6.07, 6.45) is 18.0. The molecule has 3 aliphatic carbocycles. The van der Waals surface area contributed by atoms with E-state index in [0.29, 0.717) is 17.8 Å². The molecule has 37 heavy (non-hydrogen) atoms. The number of benzene rings is 1.